The lowest BCUT2D eigenvalue weighted by Gasteiger charge is -2.23. The van der Waals surface area contributed by atoms with Crippen LogP contribution in [-0.2, 0) is 0 Å². The highest BCUT2D eigenvalue weighted by molar-refractivity contribution is 5.96. The van der Waals surface area contributed by atoms with E-state index in [1.54, 1.807) is 0 Å². The standard InChI is InChI=1S/C15H20FNO2/c1-10-5-3-2-4-6-13(10)17-15(19)12-8-7-11(16)9-14(12)18/h7-10,13,18H,2-6H2,1H3,(H,17,19). The highest BCUT2D eigenvalue weighted by Gasteiger charge is 2.23. The summed E-state index contributed by atoms with van der Waals surface area (Å²) in [5.41, 5.74) is 0.137. The van der Waals surface area contributed by atoms with Gasteiger partial charge in [0, 0.05) is 12.1 Å². The van der Waals surface area contributed by atoms with Gasteiger partial charge in [-0.2, -0.15) is 0 Å². The van der Waals surface area contributed by atoms with Gasteiger partial charge in [-0.1, -0.05) is 26.2 Å². The molecule has 19 heavy (non-hydrogen) atoms. The summed E-state index contributed by atoms with van der Waals surface area (Å²) >= 11 is 0. The molecule has 0 spiro atoms. The minimum absolute atomic E-state index is 0.137. The van der Waals surface area contributed by atoms with E-state index in [2.05, 4.69) is 12.2 Å². The monoisotopic (exact) mass is 265 g/mol. The Morgan fingerprint density at radius 2 is 2.05 bits per heavy atom. The van der Waals surface area contributed by atoms with E-state index in [-0.39, 0.29) is 23.3 Å². The molecule has 0 saturated heterocycles. The predicted molar refractivity (Wildman–Crippen MR) is 71.6 cm³/mol. The number of benzene rings is 1. The number of nitrogens with one attached hydrogen (secondary N) is 1. The van der Waals surface area contributed by atoms with Gasteiger partial charge in [0.05, 0.1) is 5.56 Å². The molecule has 0 aromatic heterocycles. The highest BCUT2D eigenvalue weighted by Crippen LogP contribution is 2.24. The van der Waals surface area contributed by atoms with E-state index in [1.165, 1.54) is 25.0 Å². The Bertz CT molecular complexity index is 461. The Balaban J connectivity index is 2.07. The number of aromatic hydroxyl groups is 1. The molecule has 0 aliphatic heterocycles. The van der Waals surface area contributed by atoms with Gasteiger partial charge in [0.15, 0.2) is 0 Å². The first-order chi connectivity index (χ1) is 9.08. The fourth-order valence-electron chi connectivity index (χ4n) is 2.65. The number of hydrogen-bond acceptors (Lipinski definition) is 2. The first kappa shape index (κ1) is 13.8. The fourth-order valence-corrected chi connectivity index (χ4v) is 2.65. The molecule has 1 aliphatic rings. The zero-order chi connectivity index (χ0) is 13.8. The van der Waals surface area contributed by atoms with Crippen molar-refractivity contribution in [3.63, 3.8) is 0 Å². The molecule has 104 valence electrons. The van der Waals surface area contributed by atoms with Gasteiger partial charge in [-0.15, -0.1) is 0 Å². The summed E-state index contributed by atoms with van der Waals surface area (Å²) in [5.74, 6) is -0.735. The zero-order valence-electron chi connectivity index (χ0n) is 11.2. The fraction of sp³-hybridized carbons (Fsp3) is 0.533. The molecule has 1 amide bonds. The number of carbonyl (C=O) groups excluding carboxylic acids is 1. The Morgan fingerprint density at radius 3 is 2.79 bits per heavy atom. The quantitative estimate of drug-likeness (QED) is 0.807. The SMILES string of the molecule is CC1CCCCCC1NC(=O)c1ccc(F)cc1O. The average molecular weight is 265 g/mol. The molecule has 1 aromatic carbocycles. The van der Waals surface area contributed by atoms with Crippen molar-refractivity contribution < 1.29 is 14.3 Å². The van der Waals surface area contributed by atoms with Crippen LogP contribution in [0.4, 0.5) is 4.39 Å². The Kier molecular flexibility index (Phi) is 4.40. The molecule has 2 unspecified atom stereocenters. The topological polar surface area (TPSA) is 49.3 Å². The van der Waals surface area contributed by atoms with E-state index in [4.69, 9.17) is 0 Å². The number of carbonyl (C=O) groups is 1. The van der Waals surface area contributed by atoms with Crippen molar-refractivity contribution >= 4 is 5.91 Å². The van der Waals surface area contributed by atoms with Crippen molar-refractivity contribution in [2.45, 2.75) is 45.1 Å². The van der Waals surface area contributed by atoms with Crippen molar-refractivity contribution in [1.82, 2.24) is 5.32 Å². The summed E-state index contributed by atoms with van der Waals surface area (Å²) in [6.07, 6.45) is 5.60. The maximum absolute atomic E-state index is 12.9. The second-order valence-electron chi connectivity index (χ2n) is 5.36. The van der Waals surface area contributed by atoms with E-state index in [1.807, 2.05) is 0 Å². The van der Waals surface area contributed by atoms with Crippen LogP contribution in [0.2, 0.25) is 0 Å². The van der Waals surface area contributed by atoms with Crippen LogP contribution < -0.4 is 5.32 Å². The molecule has 0 radical (unpaired) electrons. The molecule has 4 heteroatoms. The first-order valence-corrected chi connectivity index (χ1v) is 6.87. The molecule has 2 N–H and O–H groups in total. The van der Waals surface area contributed by atoms with Gasteiger partial charge in [-0.3, -0.25) is 4.79 Å². The number of phenolic OH excluding ortho intramolecular Hbond substituents is 1. The van der Waals surface area contributed by atoms with E-state index in [0.29, 0.717) is 5.92 Å². The molecule has 1 fully saturated rings. The molecule has 0 bridgehead atoms. The van der Waals surface area contributed by atoms with Crippen molar-refractivity contribution in [2.75, 3.05) is 0 Å². The van der Waals surface area contributed by atoms with Gasteiger partial charge in [-0.25, -0.2) is 4.39 Å². The molecule has 1 aliphatic carbocycles. The molecular formula is C15H20FNO2. The van der Waals surface area contributed by atoms with E-state index in [9.17, 15) is 14.3 Å². The lowest BCUT2D eigenvalue weighted by Crippen LogP contribution is -2.38. The molecule has 0 heterocycles. The lowest BCUT2D eigenvalue weighted by atomic mass is 9.96. The number of amides is 1. The Labute approximate surface area is 112 Å². The van der Waals surface area contributed by atoms with E-state index in [0.717, 1.165) is 25.3 Å². The summed E-state index contributed by atoms with van der Waals surface area (Å²) in [6, 6.07) is 3.61. The highest BCUT2D eigenvalue weighted by atomic mass is 19.1. The van der Waals surface area contributed by atoms with Gasteiger partial charge in [0.1, 0.15) is 11.6 Å². The molecule has 2 atom stereocenters. The minimum atomic E-state index is -0.545. The van der Waals surface area contributed by atoms with Crippen LogP contribution in [0.15, 0.2) is 18.2 Å². The second kappa shape index (κ2) is 6.04. The minimum Gasteiger partial charge on any atom is -0.507 e. The summed E-state index contributed by atoms with van der Waals surface area (Å²) in [5, 5.41) is 12.6. The van der Waals surface area contributed by atoms with Crippen LogP contribution in [0, 0.1) is 11.7 Å². The largest absolute Gasteiger partial charge is 0.507 e. The van der Waals surface area contributed by atoms with Gasteiger partial charge < -0.3 is 10.4 Å². The summed E-state index contributed by atoms with van der Waals surface area (Å²) in [4.78, 5) is 12.1. The molecule has 2 rings (SSSR count). The maximum atomic E-state index is 12.9. The molecular weight excluding hydrogens is 245 g/mol. The van der Waals surface area contributed by atoms with E-state index < -0.39 is 5.82 Å². The van der Waals surface area contributed by atoms with Gasteiger partial charge in [-0.05, 0) is 30.9 Å². The maximum Gasteiger partial charge on any atom is 0.255 e. The normalized spacial score (nSPS) is 23.7. The first-order valence-electron chi connectivity index (χ1n) is 6.87. The number of rotatable bonds is 2. The number of hydrogen-bond donors (Lipinski definition) is 2. The third-order valence-electron chi connectivity index (χ3n) is 3.88. The van der Waals surface area contributed by atoms with Crippen LogP contribution >= 0.6 is 0 Å². The third kappa shape index (κ3) is 3.46. The van der Waals surface area contributed by atoms with Crippen LogP contribution in [0.3, 0.4) is 0 Å². The molecule has 1 saturated carbocycles. The smallest absolute Gasteiger partial charge is 0.255 e. The van der Waals surface area contributed by atoms with Crippen LogP contribution in [-0.4, -0.2) is 17.1 Å². The number of phenols is 1. The summed E-state index contributed by atoms with van der Waals surface area (Å²) in [7, 11) is 0. The zero-order valence-corrected chi connectivity index (χ0v) is 11.2. The molecule has 1 aromatic rings. The van der Waals surface area contributed by atoms with E-state index >= 15 is 0 Å². The van der Waals surface area contributed by atoms with Gasteiger partial charge in [0.25, 0.3) is 5.91 Å². The van der Waals surface area contributed by atoms with Crippen molar-refractivity contribution in [3.8, 4) is 5.75 Å². The summed E-state index contributed by atoms with van der Waals surface area (Å²) < 4.78 is 12.9. The van der Waals surface area contributed by atoms with Crippen LogP contribution in [0.1, 0.15) is 49.4 Å². The summed E-state index contributed by atoms with van der Waals surface area (Å²) in [6.45, 7) is 2.14. The van der Waals surface area contributed by atoms with Crippen molar-refractivity contribution in [3.05, 3.63) is 29.6 Å². The van der Waals surface area contributed by atoms with Gasteiger partial charge >= 0.3 is 0 Å². The average Bonchev–Trinajstić information content (AvgIpc) is 2.55. The van der Waals surface area contributed by atoms with Crippen molar-refractivity contribution in [1.29, 1.82) is 0 Å². The van der Waals surface area contributed by atoms with Crippen LogP contribution in [0.25, 0.3) is 0 Å². The lowest BCUT2D eigenvalue weighted by molar-refractivity contribution is 0.0919. The van der Waals surface area contributed by atoms with Gasteiger partial charge in [0.2, 0.25) is 0 Å². The molecule has 3 nitrogen and oxygen atoms in total. The number of halogens is 1. The van der Waals surface area contributed by atoms with Crippen LogP contribution in [0.5, 0.6) is 5.75 Å². The third-order valence-corrected chi connectivity index (χ3v) is 3.88. The second-order valence-corrected chi connectivity index (χ2v) is 5.36. The Morgan fingerprint density at radius 1 is 1.32 bits per heavy atom. The predicted octanol–water partition coefficient (Wildman–Crippen LogP) is 3.23. The van der Waals surface area contributed by atoms with Crippen molar-refractivity contribution in [2.24, 2.45) is 5.92 Å². The Hall–Kier alpha value is -1.58.